The van der Waals surface area contributed by atoms with Crippen LogP contribution >= 0.6 is 11.6 Å². The monoisotopic (exact) mass is 232 g/mol. The zero-order valence-corrected chi connectivity index (χ0v) is 9.45. The maximum absolute atomic E-state index is 11.5. The first-order valence-corrected chi connectivity index (χ1v) is 5.11. The van der Waals surface area contributed by atoms with Gasteiger partial charge < -0.3 is 4.90 Å². The van der Waals surface area contributed by atoms with E-state index >= 15 is 0 Å². The molecule has 0 N–H and O–H groups in total. The van der Waals surface area contributed by atoms with Crippen molar-refractivity contribution in [3.05, 3.63) is 0 Å². The van der Waals surface area contributed by atoms with Gasteiger partial charge in [-0.05, 0) is 17.5 Å². The first kappa shape index (κ1) is 12.0. The van der Waals surface area contributed by atoms with E-state index in [2.05, 4.69) is 0 Å². The number of carbonyl (C=O) groups is 3. The van der Waals surface area contributed by atoms with Gasteiger partial charge in [-0.1, -0.05) is 13.8 Å². The summed E-state index contributed by atoms with van der Waals surface area (Å²) in [5.74, 6) is -1.19. The molecule has 1 saturated heterocycles. The molecule has 0 radical (unpaired) electrons. The Morgan fingerprint density at radius 1 is 1.33 bits per heavy atom. The lowest BCUT2D eigenvalue weighted by molar-refractivity contribution is -0.153. The fraction of sp³-hybridized carbons (Fsp3) is 0.667. The van der Waals surface area contributed by atoms with Crippen LogP contribution in [0.25, 0.3) is 0 Å². The molecule has 1 fully saturated rings. The molecule has 15 heavy (non-hydrogen) atoms. The van der Waals surface area contributed by atoms with Gasteiger partial charge in [0.2, 0.25) is 0 Å². The lowest BCUT2D eigenvalue weighted by Crippen LogP contribution is -2.55. The Morgan fingerprint density at radius 3 is 2.40 bits per heavy atom. The third kappa shape index (κ3) is 2.68. The summed E-state index contributed by atoms with van der Waals surface area (Å²) in [5.41, 5.74) is 0. The third-order valence-corrected chi connectivity index (χ3v) is 2.31. The molecule has 6 heteroatoms. The van der Waals surface area contributed by atoms with Gasteiger partial charge in [-0.25, -0.2) is 0 Å². The molecule has 5 nitrogen and oxygen atoms in total. The van der Waals surface area contributed by atoms with E-state index < -0.39 is 17.2 Å². The van der Waals surface area contributed by atoms with Crippen LogP contribution in [0.1, 0.15) is 13.8 Å². The van der Waals surface area contributed by atoms with E-state index in [0.717, 1.165) is 4.90 Å². The molecule has 3 amide bonds. The van der Waals surface area contributed by atoms with Gasteiger partial charge in [0.05, 0.1) is 0 Å². The van der Waals surface area contributed by atoms with Crippen LogP contribution in [0.3, 0.4) is 0 Å². The van der Waals surface area contributed by atoms with Crippen LogP contribution < -0.4 is 0 Å². The normalized spacial score (nSPS) is 17.6. The molecule has 1 aliphatic rings. The molecule has 0 aromatic rings. The predicted octanol–water partition coefficient (Wildman–Crippen LogP) is 0.672. The van der Waals surface area contributed by atoms with Crippen molar-refractivity contribution in [3.8, 4) is 0 Å². The second-order valence-electron chi connectivity index (χ2n) is 3.85. The van der Waals surface area contributed by atoms with E-state index in [9.17, 15) is 14.4 Å². The van der Waals surface area contributed by atoms with Gasteiger partial charge in [0.1, 0.15) is 0 Å². The van der Waals surface area contributed by atoms with Gasteiger partial charge in [0, 0.05) is 19.6 Å². The molecule has 0 saturated carbocycles. The van der Waals surface area contributed by atoms with Crippen molar-refractivity contribution < 1.29 is 14.4 Å². The number of hydrogen-bond acceptors (Lipinski definition) is 3. The van der Waals surface area contributed by atoms with E-state index in [1.807, 2.05) is 13.8 Å². The Bertz CT molecular complexity index is 304. The highest BCUT2D eigenvalue weighted by Gasteiger charge is 2.35. The Hall–Kier alpha value is -1.10. The maximum atomic E-state index is 11.5. The largest absolute Gasteiger partial charge is 0.332 e. The number of amides is 3. The summed E-state index contributed by atoms with van der Waals surface area (Å²) in [4.78, 5) is 35.9. The molecule has 0 unspecified atom stereocenters. The van der Waals surface area contributed by atoms with Gasteiger partial charge in [0.25, 0.3) is 0 Å². The van der Waals surface area contributed by atoms with Crippen molar-refractivity contribution in [1.29, 1.82) is 0 Å². The van der Waals surface area contributed by atoms with Crippen molar-refractivity contribution >= 4 is 28.8 Å². The van der Waals surface area contributed by atoms with Crippen LogP contribution in [0.15, 0.2) is 0 Å². The van der Waals surface area contributed by atoms with Crippen LogP contribution in [-0.4, -0.2) is 46.6 Å². The molecule has 0 spiro atoms. The molecule has 0 bridgehead atoms. The first-order chi connectivity index (χ1) is 6.93. The minimum absolute atomic E-state index is 0.180. The fourth-order valence-electron chi connectivity index (χ4n) is 1.46. The molecule has 0 atom stereocenters. The number of imide groups is 1. The summed E-state index contributed by atoms with van der Waals surface area (Å²) in [7, 11) is 0. The Labute approximate surface area is 93.0 Å². The number of halogens is 1. The average Bonchev–Trinajstić information content (AvgIpc) is 2.12. The minimum atomic E-state index is -0.891. The van der Waals surface area contributed by atoms with E-state index in [1.54, 1.807) is 0 Å². The molecule has 0 aromatic carbocycles. The topological polar surface area (TPSA) is 57.7 Å². The first-order valence-electron chi connectivity index (χ1n) is 4.73. The molecule has 1 heterocycles. The third-order valence-electron chi connectivity index (χ3n) is 2.11. The number of hydrogen-bond donors (Lipinski definition) is 0. The van der Waals surface area contributed by atoms with Gasteiger partial charge in [0.15, 0.2) is 0 Å². The van der Waals surface area contributed by atoms with Crippen molar-refractivity contribution in [2.45, 2.75) is 13.8 Å². The van der Waals surface area contributed by atoms with Crippen molar-refractivity contribution in [3.63, 3.8) is 0 Å². The quantitative estimate of drug-likeness (QED) is 0.400. The Morgan fingerprint density at radius 2 is 1.93 bits per heavy atom. The van der Waals surface area contributed by atoms with Crippen LogP contribution in [0, 0.1) is 5.92 Å². The SMILES string of the molecule is CC(C)CN1CCN(C(=O)Cl)C(=O)C1=O. The van der Waals surface area contributed by atoms with Gasteiger partial charge in [-0.15, -0.1) is 0 Å². The van der Waals surface area contributed by atoms with Crippen molar-refractivity contribution in [2.24, 2.45) is 5.92 Å². The fourth-order valence-corrected chi connectivity index (χ4v) is 1.62. The molecule has 0 aliphatic carbocycles. The number of carbonyl (C=O) groups excluding carboxylic acids is 3. The average molecular weight is 233 g/mol. The molecular weight excluding hydrogens is 220 g/mol. The van der Waals surface area contributed by atoms with Crippen LogP contribution in [0.5, 0.6) is 0 Å². The van der Waals surface area contributed by atoms with E-state index in [0.29, 0.717) is 19.0 Å². The van der Waals surface area contributed by atoms with Crippen molar-refractivity contribution in [2.75, 3.05) is 19.6 Å². The second-order valence-corrected chi connectivity index (χ2v) is 4.18. The zero-order chi connectivity index (χ0) is 11.6. The van der Waals surface area contributed by atoms with Crippen LogP contribution in [-0.2, 0) is 9.59 Å². The van der Waals surface area contributed by atoms with Gasteiger partial charge >= 0.3 is 17.2 Å². The predicted molar refractivity (Wildman–Crippen MR) is 54.4 cm³/mol. The van der Waals surface area contributed by atoms with Crippen molar-refractivity contribution in [1.82, 2.24) is 9.80 Å². The zero-order valence-electron chi connectivity index (χ0n) is 8.70. The molecule has 1 rings (SSSR count). The summed E-state index contributed by atoms with van der Waals surface area (Å²) < 4.78 is 0. The number of piperazine rings is 1. The van der Waals surface area contributed by atoms with E-state index in [1.165, 1.54) is 4.90 Å². The number of rotatable bonds is 2. The van der Waals surface area contributed by atoms with Crippen LogP contribution in [0.2, 0.25) is 0 Å². The molecular formula is C9H13ClN2O3. The minimum Gasteiger partial charge on any atom is -0.332 e. The standard InChI is InChI=1S/C9H13ClN2O3/c1-6(2)5-11-3-4-12(9(10)15)8(14)7(11)13/h6H,3-5H2,1-2H3. The molecule has 1 aliphatic heterocycles. The highest BCUT2D eigenvalue weighted by Crippen LogP contribution is 2.09. The summed E-state index contributed by atoms with van der Waals surface area (Å²) in [6.45, 7) is 4.98. The highest BCUT2D eigenvalue weighted by molar-refractivity contribution is 6.65. The summed E-state index contributed by atoms with van der Waals surface area (Å²) in [5, 5.41) is -0.891. The summed E-state index contributed by atoms with van der Waals surface area (Å²) >= 11 is 5.17. The van der Waals surface area contributed by atoms with E-state index in [-0.39, 0.29) is 6.54 Å². The Kier molecular flexibility index (Phi) is 3.68. The smallest absolute Gasteiger partial charge is 0.323 e. The lowest BCUT2D eigenvalue weighted by Gasteiger charge is -2.32. The van der Waals surface area contributed by atoms with E-state index in [4.69, 9.17) is 11.6 Å². The maximum Gasteiger partial charge on any atom is 0.323 e. The second kappa shape index (κ2) is 4.61. The summed E-state index contributed by atoms with van der Waals surface area (Å²) in [6.07, 6.45) is 0. The number of nitrogens with zero attached hydrogens (tertiary/aromatic N) is 2. The summed E-state index contributed by atoms with van der Waals surface area (Å²) in [6, 6.07) is 0. The van der Waals surface area contributed by atoms with Crippen LogP contribution in [0.4, 0.5) is 4.79 Å². The molecule has 84 valence electrons. The Balaban J connectivity index is 2.69. The van der Waals surface area contributed by atoms with Gasteiger partial charge in [-0.3, -0.25) is 19.3 Å². The molecule has 0 aromatic heterocycles. The van der Waals surface area contributed by atoms with Gasteiger partial charge in [-0.2, -0.15) is 0 Å². The lowest BCUT2D eigenvalue weighted by atomic mass is 10.2. The highest BCUT2D eigenvalue weighted by atomic mass is 35.5.